The van der Waals surface area contributed by atoms with Gasteiger partial charge in [-0.15, -0.1) is 0 Å². The lowest BCUT2D eigenvalue weighted by Gasteiger charge is -2.41. The van der Waals surface area contributed by atoms with Gasteiger partial charge in [0.2, 0.25) is 17.7 Å². The van der Waals surface area contributed by atoms with Gasteiger partial charge in [-0.2, -0.15) is 0 Å². The highest BCUT2D eigenvalue weighted by Gasteiger charge is 2.33. The zero-order chi connectivity index (χ0) is 24.4. The lowest BCUT2D eigenvalue weighted by Crippen LogP contribution is -2.54. The Labute approximate surface area is 207 Å². The van der Waals surface area contributed by atoms with Gasteiger partial charge < -0.3 is 15.1 Å². The monoisotopic (exact) mass is 488 g/mol. The largest absolute Gasteiger partial charge is 0.342 e. The van der Waals surface area contributed by atoms with E-state index in [0.717, 1.165) is 55.8 Å². The van der Waals surface area contributed by atoms with Crippen molar-refractivity contribution in [2.45, 2.75) is 65.5 Å². The first-order valence-corrected chi connectivity index (χ1v) is 13.0. The number of benzene rings is 1. The number of nitrogens with one attached hydrogen (secondary N) is 1. The summed E-state index contributed by atoms with van der Waals surface area (Å²) in [6, 6.07) is 3.96. The Morgan fingerprint density at radius 3 is 2.41 bits per heavy atom. The fourth-order valence-electron chi connectivity index (χ4n) is 5.68. The third-order valence-corrected chi connectivity index (χ3v) is 8.05. The van der Waals surface area contributed by atoms with E-state index in [1.165, 1.54) is 12.8 Å². The van der Waals surface area contributed by atoms with Crippen LogP contribution in [0.1, 0.15) is 57.1 Å². The number of anilines is 1. The van der Waals surface area contributed by atoms with Gasteiger partial charge in [0.1, 0.15) is 0 Å². The van der Waals surface area contributed by atoms with Crippen LogP contribution in [0.4, 0.5) is 5.69 Å². The minimum absolute atomic E-state index is 0.00999. The molecule has 2 heterocycles. The highest BCUT2D eigenvalue weighted by atomic mass is 35.5. The van der Waals surface area contributed by atoms with Crippen LogP contribution in [-0.4, -0.2) is 71.2 Å². The SMILES string of the molecule is CC(=O)N1CC[C@H](C(=O)Nc2cc(Cl)cc(CN3CCN(C(=O)C4CCCC4)[C@@H](C)C3)c2C)C1. The van der Waals surface area contributed by atoms with Crippen molar-refractivity contribution in [2.24, 2.45) is 11.8 Å². The quantitative estimate of drug-likeness (QED) is 0.686. The molecule has 2 atom stereocenters. The summed E-state index contributed by atoms with van der Waals surface area (Å²) < 4.78 is 0. The number of hydrogen-bond acceptors (Lipinski definition) is 4. The van der Waals surface area contributed by atoms with Crippen LogP contribution >= 0.6 is 11.6 Å². The zero-order valence-corrected chi connectivity index (χ0v) is 21.4. The summed E-state index contributed by atoms with van der Waals surface area (Å²) in [5.41, 5.74) is 2.83. The van der Waals surface area contributed by atoms with E-state index < -0.39 is 0 Å². The third kappa shape index (κ3) is 5.57. The van der Waals surface area contributed by atoms with Crippen LogP contribution in [0.15, 0.2) is 12.1 Å². The molecule has 0 radical (unpaired) electrons. The van der Waals surface area contributed by atoms with Gasteiger partial charge in [-0.3, -0.25) is 19.3 Å². The minimum atomic E-state index is -0.197. The second-order valence-corrected chi connectivity index (χ2v) is 10.7. The van der Waals surface area contributed by atoms with Crippen LogP contribution in [0, 0.1) is 18.8 Å². The minimum Gasteiger partial charge on any atom is -0.342 e. The number of hydrogen-bond donors (Lipinski definition) is 1. The van der Waals surface area contributed by atoms with Gasteiger partial charge in [-0.1, -0.05) is 24.4 Å². The molecule has 186 valence electrons. The van der Waals surface area contributed by atoms with E-state index in [9.17, 15) is 14.4 Å². The first-order chi connectivity index (χ1) is 16.2. The molecule has 0 aromatic heterocycles. The molecule has 1 aromatic carbocycles. The zero-order valence-electron chi connectivity index (χ0n) is 20.6. The summed E-state index contributed by atoms with van der Waals surface area (Å²) in [5.74, 6) is 0.308. The van der Waals surface area contributed by atoms with E-state index in [-0.39, 0.29) is 29.7 Å². The maximum absolute atomic E-state index is 12.9. The molecule has 0 unspecified atom stereocenters. The molecule has 4 rings (SSSR count). The van der Waals surface area contributed by atoms with E-state index in [2.05, 4.69) is 22.0 Å². The number of carbonyl (C=O) groups excluding carboxylic acids is 3. The summed E-state index contributed by atoms with van der Waals surface area (Å²) in [4.78, 5) is 43.5. The Morgan fingerprint density at radius 2 is 1.76 bits per heavy atom. The van der Waals surface area contributed by atoms with Crippen LogP contribution in [0.3, 0.4) is 0 Å². The van der Waals surface area contributed by atoms with E-state index in [1.807, 2.05) is 13.0 Å². The number of carbonyl (C=O) groups is 3. The first-order valence-electron chi connectivity index (χ1n) is 12.6. The van der Waals surface area contributed by atoms with E-state index >= 15 is 0 Å². The average Bonchev–Trinajstić information content (AvgIpc) is 3.49. The predicted octanol–water partition coefficient (Wildman–Crippen LogP) is 3.68. The molecule has 1 N–H and O–H groups in total. The summed E-state index contributed by atoms with van der Waals surface area (Å²) in [6.45, 7) is 9.94. The first kappa shape index (κ1) is 25.0. The van der Waals surface area contributed by atoms with Gasteiger partial charge in [-0.25, -0.2) is 0 Å². The third-order valence-electron chi connectivity index (χ3n) is 7.84. The van der Waals surface area contributed by atoms with Gasteiger partial charge in [0, 0.05) is 68.9 Å². The normalized spacial score (nSPS) is 24.0. The standard InChI is InChI=1S/C26H37ClN4O3/c1-17-14-29(10-11-31(17)26(34)20-6-4-5-7-20)15-22-12-23(27)13-24(18(22)2)28-25(33)21-8-9-30(16-21)19(3)32/h12-13,17,20-21H,4-11,14-16H2,1-3H3,(H,28,33)/t17-,21-/m0/s1. The van der Waals surface area contributed by atoms with Crippen LogP contribution in [0.25, 0.3) is 0 Å². The second kappa shape index (κ2) is 10.6. The number of likely N-dealkylation sites (tertiary alicyclic amines) is 1. The molecule has 3 fully saturated rings. The molecule has 3 aliphatic rings. The van der Waals surface area contributed by atoms with Crippen molar-refractivity contribution in [1.29, 1.82) is 0 Å². The highest BCUT2D eigenvalue weighted by Crippen LogP contribution is 2.30. The van der Waals surface area contributed by atoms with Gasteiger partial charge in [-0.05, 0) is 56.4 Å². The maximum atomic E-state index is 12.9. The average molecular weight is 489 g/mol. The number of piperazine rings is 1. The van der Waals surface area contributed by atoms with E-state index in [4.69, 9.17) is 11.6 Å². The summed E-state index contributed by atoms with van der Waals surface area (Å²) in [5, 5.41) is 3.65. The molecular weight excluding hydrogens is 452 g/mol. The number of rotatable bonds is 5. The van der Waals surface area contributed by atoms with Crippen molar-refractivity contribution in [3.05, 3.63) is 28.3 Å². The Kier molecular flexibility index (Phi) is 7.83. The molecule has 1 aromatic rings. The van der Waals surface area contributed by atoms with Crippen LogP contribution < -0.4 is 5.32 Å². The molecule has 8 heteroatoms. The van der Waals surface area contributed by atoms with Crippen LogP contribution in [-0.2, 0) is 20.9 Å². The number of amides is 3. The summed E-state index contributed by atoms with van der Waals surface area (Å²) in [7, 11) is 0. The fourth-order valence-corrected chi connectivity index (χ4v) is 5.92. The smallest absolute Gasteiger partial charge is 0.229 e. The van der Waals surface area contributed by atoms with Crippen molar-refractivity contribution in [1.82, 2.24) is 14.7 Å². The molecule has 1 saturated carbocycles. The fraction of sp³-hybridized carbons (Fsp3) is 0.654. The van der Waals surface area contributed by atoms with Crippen molar-refractivity contribution in [3.8, 4) is 0 Å². The molecule has 1 aliphatic carbocycles. The molecule has 0 bridgehead atoms. The molecule has 7 nitrogen and oxygen atoms in total. The predicted molar refractivity (Wildman–Crippen MR) is 134 cm³/mol. The molecular formula is C26H37ClN4O3. The van der Waals surface area contributed by atoms with Crippen molar-refractivity contribution >= 4 is 35.0 Å². The van der Waals surface area contributed by atoms with Gasteiger partial charge in [0.25, 0.3) is 0 Å². The summed E-state index contributed by atoms with van der Waals surface area (Å²) in [6.07, 6.45) is 5.10. The van der Waals surface area contributed by atoms with Crippen molar-refractivity contribution < 1.29 is 14.4 Å². The van der Waals surface area contributed by atoms with E-state index in [1.54, 1.807) is 17.9 Å². The lowest BCUT2D eigenvalue weighted by atomic mass is 10.0. The Balaban J connectivity index is 1.38. The Morgan fingerprint density at radius 1 is 1.03 bits per heavy atom. The summed E-state index contributed by atoms with van der Waals surface area (Å²) >= 11 is 6.44. The van der Waals surface area contributed by atoms with Gasteiger partial charge in [0.15, 0.2) is 0 Å². The van der Waals surface area contributed by atoms with Crippen LogP contribution in [0.2, 0.25) is 5.02 Å². The van der Waals surface area contributed by atoms with Crippen molar-refractivity contribution in [3.63, 3.8) is 0 Å². The number of nitrogens with zero attached hydrogens (tertiary/aromatic N) is 3. The topological polar surface area (TPSA) is 73.0 Å². The molecule has 2 aliphatic heterocycles. The molecule has 0 spiro atoms. The highest BCUT2D eigenvalue weighted by molar-refractivity contribution is 6.31. The van der Waals surface area contributed by atoms with Gasteiger partial charge >= 0.3 is 0 Å². The van der Waals surface area contributed by atoms with Crippen LogP contribution in [0.5, 0.6) is 0 Å². The maximum Gasteiger partial charge on any atom is 0.229 e. The van der Waals surface area contributed by atoms with Crippen molar-refractivity contribution in [2.75, 3.05) is 38.0 Å². The Hall–Kier alpha value is -2.12. The molecule has 2 saturated heterocycles. The van der Waals surface area contributed by atoms with Gasteiger partial charge in [0.05, 0.1) is 5.92 Å². The molecule has 3 amide bonds. The van der Waals surface area contributed by atoms with E-state index in [0.29, 0.717) is 30.4 Å². The number of halogens is 1. The molecule has 34 heavy (non-hydrogen) atoms. The Bertz CT molecular complexity index is 946. The lowest BCUT2D eigenvalue weighted by molar-refractivity contribution is -0.140. The second-order valence-electron chi connectivity index (χ2n) is 10.3.